The summed E-state index contributed by atoms with van der Waals surface area (Å²) < 4.78 is 11.8. The molecule has 5 heteroatoms. The molecule has 2 aromatic carbocycles. The van der Waals surface area contributed by atoms with Gasteiger partial charge in [-0.2, -0.15) is 0 Å². The van der Waals surface area contributed by atoms with Gasteiger partial charge < -0.3 is 14.4 Å². The van der Waals surface area contributed by atoms with Crippen molar-refractivity contribution in [3.63, 3.8) is 0 Å². The molecule has 2 fully saturated rings. The minimum absolute atomic E-state index is 0.0888. The lowest BCUT2D eigenvalue weighted by atomic mass is 10.0. The summed E-state index contributed by atoms with van der Waals surface area (Å²) >= 11 is 0. The van der Waals surface area contributed by atoms with Gasteiger partial charge in [0, 0.05) is 25.2 Å². The van der Waals surface area contributed by atoms with Crippen molar-refractivity contribution in [2.75, 3.05) is 32.8 Å². The molecule has 0 N–H and O–H groups in total. The quantitative estimate of drug-likeness (QED) is 0.644. The van der Waals surface area contributed by atoms with Crippen LogP contribution in [0.2, 0.25) is 0 Å². The molecule has 4 rings (SSSR count). The van der Waals surface area contributed by atoms with E-state index in [0.717, 1.165) is 50.4 Å². The van der Waals surface area contributed by atoms with E-state index in [2.05, 4.69) is 29.2 Å². The lowest BCUT2D eigenvalue weighted by Gasteiger charge is -2.39. The van der Waals surface area contributed by atoms with Crippen molar-refractivity contribution in [3.05, 3.63) is 65.7 Å². The lowest BCUT2D eigenvalue weighted by molar-refractivity contribution is -0.135. The summed E-state index contributed by atoms with van der Waals surface area (Å²) in [5.74, 6) is 0.881. The molecule has 2 aromatic rings. The number of aryl methyl sites for hydroxylation is 1. The van der Waals surface area contributed by atoms with E-state index in [4.69, 9.17) is 9.47 Å². The van der Waals surface area contributed by atoms with Crippen LogP contribution in [0.25, 0.3) is 0 Å². The molecule has 2 aliphatic rings. The van der Waals surface area contributed by atoms with Crippen molar-refractivity contribution < 1.29 is 14.3 Å². The number of hydrogen-bond acceptors (Lipinski definition) is 4. The standard InChI is InChI=1S/C26H34N2O3/c1-21-8-5-6-12-25(21)31-20-26(29)27-16-13-23(14-17-27)28-15-7-11-24(28)19-30-18-22-9-3-2-4-10-22/h2-6,8-10,12,23-24H,7,11,13-20H2,1H3/t24-/m1/s1. The average Bonchev–Trinajstić information content (AvgIpc) is 3.28. The molecular formula is C26H34N2O3. The summed E-state index contributed by atoms with van der Waals surface area (Å²) in [5.41, 5.74) is 2.29. The van der Waals surface area contributed by atoms with Gasteiger partial charge in [-0.05, 0) is 56.3 Å². The Morgan fingerprint density at radius 2 is 1.71 bits per heavy atom. The number of para-hydroxylation sites is 1. The summed E-state index contributed by atoms with van der Waals surface area (Å²) in [5, 5.41) is 0. The smallest absolute Gasteiger partial charge is 0.260 e. The zero-order valence-electron chi connectivity index (χ0n) is 18.5. The Morgan fingerprint density at radius 3 is 2.48 bits per heavy atom. The highest BCUT2D eigenvalue weighted by Crippen LogP contribution is 2.26. The number of rotatable bonds is 8. The van der Waals surface area contributed by atoms with Crippen LogP contribution in [0.1, 0.15) is 36.8 Å². The van der Waals surface area contributed by atoms with E-state index in [-0.39, 0.29) is 12.5 Å². The van der Waals surface area contributed by atoms with E-state index >= 15 is 0 Å². The summed E-state index contributed by atoms with van der Waals surface area (Å²) in [4.78, 5) is 17.2. The molecule has 1 amide bonds. The average molecular weight is 423 g/mol. The third-order valence-electron chi connectivity index (χ3n) is 6.58. The van der Waals surface area contributed by atoms with Gasteiger partial charge in [-0.25, -0.2) is 0 Å². The SMILES string of the molecule is Cc1ccccc1OCC(=O)N1CCC(N2CCC[C@@H]2COCc2ccccc2)CC1. The van der Waals surface area contributed by atoms with Gasteiger partial charge in [-0.3, -0.25) is 9.69 Å². The van der Waals surface area contributed by atoms with Crippen molar-refractivity contribution >= 4 is 5.91 Å². The van der Waals surface area contributed by atoms with Gasteiger partial charge in [0.05, 0.1) is 13.2 Å². The van der Waals surface area contributed by atoms with Crippen LogP contribution in [-0.2, 0) is 16.1 Å². The molecule has 2 saturated heterocycles. The normalized spacial score (nSPS) is 20.2. The summed E-state index contributed by atoms with van der Waals surface area (Å²) in [6.07, 6.45) is 4.51. The summed E-state index contributed by atoms with van der Waals surface area (Å²) in [6, 6.07) is 19.3. The summed E-state index contributed by atoms with van der Waals surface area (Å²) in [6.45, 7) is 6.37. The number of ether oxygens (including phenoxy) is 2. The van der Waals surface area contributed by atoms with Crippen LogP contribution in [0, 0.1) is 6.92 Å². The van der Waals surface area contributed by atoms with Crippen LogP contribution in [0.15, 0.2) is 54.6 Å². The number of piperidine rings is 1. The van der Waals surface area contributed by atoms with Crippen molar-refractivity contribution in [2.45, 2.75) is 51.3 Å². The monoisotopic (exact) mass is 422 g/mol. The number of carbonyl (C=O) groups is 1. The van der Waals surface area contributed by atoms with Crippen LogP contribution in [-0.4, -0.2) is 60.6 Å². The van der Waals surface area contributed by atoms with Gasteiger partial charge in [-0.1, -0.05) is 48.5 Å². The zero-order valence-corrected chi connectivity index (χ0v) is 18.5. The van der Waals surface area contributed by atoms with Gasteiger partial charge in [-0.15, -0.1) is 0 Å². The molecule has 0 bridgehead atoms. The van der Waals surface area contributed by atoms with Crippen molar-refractivity contribution in [3.8, 4) is 5.75 Å². The highest BCUT2D eigenvalue weighted by atomic mass is 16.5. The molecule has 1 atom stereocenters. The second kappa shape index (κ2) is 10.8. The van der Waals surface area contributed by atoms with Crippen molar-refractivity contribution in [1.82, 2.24) is 9.80 Å². The predicted molar refractivity (Wildman–Crippen MR) is 122 cm³/mol. The number of carbonyl (C=O) groups excluding carboxylic acids is 1. The van der Waals surface area contributed by atoms with Crippen LogP contribution < -0.4 is 4.74 Å². The van der Waals surface area contributed by atoms with E-state index in [0.29, 0.717) is 18.7 Å². The van der Waals surface area contributed by atoms with Gasteiger partial charge in [0.1, 0.15) is 5.75 Å². The molecule has 166 valence electrons. The lowest BCUT2D eigenvalue weighted by Crippen LogP contribution is -2.49. The van der Waals surface area contributed by atoms with E-state index in [1.807, 2.05) is 42.2 Å². The predicted octanol–water partition coefficient (Wildman–Crippen LogP) is 4.05. The number of benzene rings is 2. The largest absolute Gasteiger partial charge is 0.484 e. The van der Waals surface area contributed by atoms with Crippen LogP contribution in [0.5, 0.6) is 5.75 Å². The van der Waals surface area contributed by atoms with E-state index in [1.54, 1.807) is 0 Å². The third-order valence-corrected chi connectivity index (χ3v) is 6.58. The molecule has 2 heterocycles. The van der Waals surface area contributed by atoms with Gasteiger partial charge >= 0.3 is 0 Å². The van der Waals surface area contributed by atoms with Gasteiger partial charge in [0.15, 0.2) is 6.61 Å². The first-order valence-corrected chi connectivity index (χ1v) is 11.5. The second-order valence-corrected chi connectivity index (χ2v) is 8.70. The number of amides is 1. The number of nitrogens with zero attached hydrogens (tertiary/aromatic N) is 2. The van der Waals surface area contributed by atoms with Crippen molar-refractivity contribution in [1.29, 1.82) is 0 Å². The minimum atomic E-state index is 0.0888. The Kier molecular flexibility index (Phi) is 7.60. The molecule has 0 radical (unpaired) electrons. The van der Waals surface area contributed by atoms with Gasteiger partial charge in [0.25, 0.3) is 5.91 Å². The summed E-state index contributed by atoms with van der Waals surface area (Å²) in [7, 11) is 0. The van der Waals surface area contributed by atoms with Crippen LogP contribution >= 0.6 is 0 Å². The maximum Gasteiger partial charge on any atom is 0.260 e. The maximum absolute atomic E-state index is 12.6. The van der Waals surface area contributed by atoms with E-state index in [1.165, 1.54) is 18.4 Å². The van der Waals surface area contributed by atoms with Crippen LogP contribution in [0.3, 0.4) is 0 Å². The fourth-order valence-corrected chi connectivity index (χ4v) is 4.80. The topological polar surface area (TPSA) is 42.0 Å². The fraction of sp³-hybridized carbons (Fsp3) is 0.500. The third kappa shape index (κ3) is 5.86. The molecule has 0 aliphatic carbocycles. The molecule has 31 heavy (non-hydrogen) atoms. The first kappa shape index (κ1) is 21.8. The molecule has 5 nitrogen and oxygen atoms in total. The number of likely N-dealkylation sites (tertiary alicyclic amines) is 2. The zero-order chi connectivity index (χ0) is 21.5. The van der Waals surface area contributed by atoms with Crippen LogP contribution in [0.4, 0.5) is 0 Å². The van der Waals surface area contributed by atoms with E-state index < -0.39 is 0 Å². The second-order valence-electron chi connectivity index (χ2n) is 8.70. The molecule has 0 saturated carbocycles. The Labute approximate surface area is 185 Å². The number of hydrogen-bond donors (Lipinski definition) is 0. The highest BCUT2D eigenvalue weighted by Gasteiger charge is 2.33. The highest BCUT2D eigenvalue weighted by molar-refractivity contribution is 5.77. The molecule has 0 spiro atoms. The van der Waals surface area contributed by atoms with Crippen molar-refractivity contribution in [2.24, 2.45) is 0 Å². The maximum atomic E-state index is 12.6. The molecule has 2 aliphatic heterocycles. The van der Waals surface area contributed by atoms with E-state index in [9.17, 15) is 4.79 Å². The first-order valence-electron chi connectivity index (χ1n) is 11.5. The fourth-order valence-electron chi connectivity index (χ4n) is 4.80. The minimum Gasteiger partial charge on any atom is -0.484 e. The Morgan fingerprint density at radius 1 is 0.968 bits per heavy atom. The Balaban J connectivity index is 1.20. The molecule has 0 unspecified atom stereocenters. The van der Waals surface area contributed by atoms with Gasteiger partial charge in [0.2, 0.25) is 0 Å². The molecule has 0 aromatic heterocycles. The Bertz CT molecular complexity index is 834. The molecular weight excluding hydrogens is 388 g/mol. The first-order chi connectivity index (χ1) is 15.2. The Hall–Kier alpha value is -2.37.